The van der Waals surface area contributed by atoms with Crippen LogP contribution in [-0.2, 0) is 16.4 Å². The summed E-state index contributed by atoms with van der Waals surface area (Å²) in [7, 11) is -3.27. The fraction of sp³-hybridized carbons (Fsp3) is 0.769. The van der Waals surface area contributed by atoms with Crippen LogP contribution in [0.3, 0.4) is 0 Å². The SMILES string of the molecule is CCCc1cc(NS(=O)(=O)CC2CCCCC2)n[nH]1. The van der Waals surface area contributed by atoms with Gasteiger partial charge in [-0.15, -0.1) is 0 Å². The zero-order valence-corrected chi connectivity index (χ0v) is 12.3. The number of nitrogens with zero attached hydrogens (tertiary/aromatic N) is 1. The smallest absolute Gasteiger partial charge is 0.234 e. The third kappa shape index (κ3) is 4.53. The third-order valence-electron chi connectivity index (χ3n) is 3.59. The molecule has 5 nitrogen and oxygen atoms in total. The van der Waals surface area contributed by atoms with Gasteiger partial charge in [0.05, 0.1) is 5.75 Å². The van der Waals surface area contributed by atoms with Crippen LogP contribution in [0.15, 0.2) is 6.07 Å². The Hall–Kier alpha value is -1.04. The largest absolute Gasteiger partial charge is 0.280 e. The summed E-state index contributed by atoms with van der Waals surface area (Å²) in [6.45, 7) is 2.08. The normalized spacial score (nSPS) is 17.5. The van der Waals surface area contributed by atoms with Gasteiger partial charge in [-0.3, -0.25) is 9.82 Å². The number of aryl methyl sites for hydroxylation is 1. The number of aromatic nitrogens is 2. The third-order valence-corrected chi connectivity index (χ3v) is 5.02. The van der Waals surface area contributed by atoms with Crippen molar-refractivity contribution in [1.82, 2.24) is 10.2 Å². The molecular formula is C13H23N3O2S. The Morgan fingerprint density at radius 1 is 1.37 bits per heavy atom. The van der Waals surface area contributed by atoms with Gasteiger partial charge in [0, 0.05) is 11.8 Å². The molecule has 0 aliphatic heterocycles. The molecule has 1 aliphatic carbocycles. The summed E-state index contributed by atoms with van der Waals surface area (Å²) in [5, 5.41) is 6.85. The van der Waals surface area contributed by atoms with Crippen LogP contribution < -0.4 is 4.72 Å². The van der Waals surface area contributed by atoms with Crippen molar-refractivity contribution in [1.29, 1.82) is 0 Å². The molecule has 108 valence electrons. The van der Waals surface area contributed by atoms with Crippen molar-refractivity contribution >= 4 is 15.8 Å². The van der Waals surface area contributed by atoms with Gasteiger partial charge in [-0.25, -0.2) is 8.42 Å². The maximum atomic E-state index is 12.1. The van der Waals surface area contributed by atoms with E-state index in [4.69, 9.17) is 0 Å². The lowest BCUT2D eigenvalue weighted by Gasteiger charge is -2.21. The molecule has 0 saturated heterocycles. The van der Waals surface area contributed by atoms with E-state index in [9.17, 15) is 8.42 Å². The van der Waals surface area contributed by atoms with Crippen LogP contribution in [0.2, 0.25) is 0 Å². The van der Waals surface area contributed by atoms with Crippen LogP contribution in [0, 0.1) is 5.92 Å². The van der Waals surface area contributed by atoms with E-state index in [-0.39, 0.29) is 5.75 Å². The van der Waals surface area contributed by atoms with E-state index in [0.717, 1.165) is 44.2 Å². The lowest BCUT2D eigenvalue weighted by Crippen LogP contribution is -2.24. The lowest BCUT2D eigenvalue weighted by atomic mass is 9.91. The molecule has 2 N–H and O–H groups in total. The van der Waals surface area contributed by atoms with Gasteiger partial charge in [0.2, 0.25) is 10.0 Å². The number of aromatic amines is 1. The van der Waals surface area contributed by atoms with Crippen LogP contribution in [0.1, 0.15) is 51.1 Å². The highest BCUT2D eigenvalue weighted by Crippen LogP contribution is 2.25. The summed E-state index contributed by atoms with van der Waals surface area (Å²) in [5.74, 6) is 0.947. The second-order valence-electron chi connectivity index (χ2n) is 5.42. The van der Waals surface area contributed by atoms with Crippen molar-refractivity contribution in [2.75, 3.05) is 10.5 Å². The molecule has 0 amide bonds. The average Bonchev–Trinajstić information content (AvgIpc) is 2.77. The molecule has 1 aromatic heterocycles. The summed E-state index contributed by atoms with van der Waals surface area (Å²) in [6, 6.07) is 1.78. The second kappa shape index (κ2) is 6.41. The van der Waals surface area contributed by atoms with Crippen molar-refractivity contribution in [2.45, 2.75) is 51.9 Å². The van der Waals surface area contributed by atoms with Crippen molar-refractivity contribution in [3.8, 4) is 0 Å². The molecule has 0 aromatic carbocycles. The zero-order chi connectivity index (χ0) is 13.7. The minimum Gasteiger partial charge on any atom is -0.280 e. The van der Waals surface area contributed by atoms with E-state index in [1.165, 1.54) is 6.42 Å². The van der Waals surface area contributed by atoms with E-state index in [0.29, 0.717) is 11.7 Å². The molecular weight excluding hydrogens is 262 g/mol. The minimum atomic E-state index is -3.27. The minimum absolute atomic E-state index is 0.225. The van der Waals surface area contributed by atoms with Crippen LogP contribution in [-0.4, -0.2) is 24.4 Å². The molecule has 19 heavy (non-hydrogen) atoms. The number of rotatable bonds is 6. The van der Waals surface area contributed by atoms with Gasteiger partial charge in [-0.1, -0.05) is 32.6 Å². The fourth-order valence-electron chi connectivity index (χ4n) is 2.68. The Labute approximate surface area is 115 Å². The van der Waals surface area contributed by atoms with E-state index in [2.05, 4.69) is 21.8 Å². The molecule has 1 fully saturated rings. The first-order chi connectivity index (χ1) is 9.09. The zero-order valence-electron chi connectivity index (χ0n) is 11.5. The summed E-state index contributed by atoms with van der Waals surface area (Å²) in [4.78, 5) is 0. The Bertz CT molecular complexity index is 490. The highest BCUT2D eigenvalue weighted by molar-refractivity contribution is 7.92. The summed E-state index contributed by atoms with van der Waals surface area (Å²) < 4.78 is 26.7. The fourth-order valence-corrected chi connectivity index (χ4v) is 4.14. The summed E-state index contributed by atoms with van der Waals surface area (Å²) in [5.41, 5.74) is 0.970. The maximum absolute atomic E-state index is 12.1. The van der Waals surface area contributed by atoms with Gasteiger partial charge in [-0.2, -0.15) is 5.10 Å². The molecule has 0 radical (unpaired) electrons. The van der Waals surface area contributed by atoms with E-state index in [1.54, 1.807) is 6.07 Å². The molecule has 1 heterocycles. The number of anilines is 1. The molecule has 1 aliphatic rings. The van der Waals surface area contributed by atoms with E-state index in [1.807, 2.05) is 0 Å². The standard InChI is InChI=1S/C13H23N3O2S/c1-2-6-12-9-13(15-14-12)16-19(17,18)10-11-7-4-3-5-8-11/h9,11H,2-8,10H2,1H3,(H2,14,15,16). The molecule has 0 atom stereocenters. The Morgan fingerprint density at radius 2 is 2.11 bits per heavy atom. The number of hydrogen-bond acceptors (Lipinski definition) is 3. The van der Waals surface area contributed by atoms with Gasteiger partial charge in [0.15, 0.2) is 5.82 Å². The maximum Gasteiger partial charge on any atom is 0.234 e. The molecule has 1 saturated carbocycles. The average molecular weight is 285 g/mol. The van der Waals surface area contributed by atoms with Crippen LogP contribution in [0.4, 0.5) is 5.82 Å². The molecule has 0 spiro atoms. The molecule has 1 aromatic rings. The van der Waals surface area contributed by atoms with Gasteiger partial charge in [0.1, 0.15) is 0 Å². The van der Waals surface area contributed by atoms with Gasteiger partial charge < -0.3 is 0 Å². The van der Waals surface area contributed by atoms with Crippen molar-refractivity contribution < 1.29 is 8.42 Å². The predicted octanol–water partition coefficient (Wildman–Crippen LogP) is 2.68. The predicted molar refractivity (Wildman–Crippen MR) is 76.6 cm³/mol. The van der Waals surface area contributed by atoms with Gasteiger partial charge in [-0.05, 0) is 25.2 Å². The molecule has 0 bridgehead atoms. The lowest BCUT2D eigenvalue weighted by molar-refractivity contribution is 0.385. The Kier molecular flexibility index (Phi) is 4.85. The highest BCUT2D eigenvalue weighted by Gasteiger charge is 2.21. The van der Waals surface area contributed by atoms with Crippen molar-refractivity contribution in [2.24, 2.45) is 5.92 Å². The number of hydrogen-bond donors (Lipinski definition) is 2. The first-order valence-electron chi connectivity index (χ1n) is 7.14. The molecule has 2 rings (SSSR count). The summed E-state index contributed by atoms with van der Waals surface area (Å²) >= 11 is 0. The van der Waals surface area contributed by atoms with Crippen molar-refractivity contribution in [3.05, 3.63) is 11.8 Å². The highest BCUT2D eigenvalue weighted by atomic mass is 32.2. The van der Waals surface area contributed by atoms with Crippen LogP contribution >= 0.6 is 0 Å². The first-order valence-corrected chi connectivity index (χ1v) is 8.79. The van der Waals surface area contributed by atoms with E-state index < -0.39 is 10.0 Å². The number of sulfonamides is 1. The number of nitrogens with one attached hydrogen (secondary N) is 2. The Morgan fingerprint density at radius 3 is 2.79 bits per heavy atom. The summed E-state index contributed by atoms with van der Waals surface area (Å²) in [6.07, 6.45) is 7.51. The van der Waals surface area contributed by atoms with Crippen LogP contribution in [0.25, 0.3) is 0 Å². The molecule has 0 unspecified atom stereocenters. The van der Waals surface area contributed by atoms with Gasteiger partial charge in [0.25, 0.3) is 0 Å². The Balaban J connectivity index is 1.91. The van der Waals surface area contributed by atoms with Crippen LogP contribution in [0.5, 0.6) is 0 Å². The quantitative estimate of drug-likeness (QED) is 0.843. The van der Waals surface area contributed by atoms with Gasteiger partial charge >= 0.3 is 0 Å². The monoisotopic (exact) mass is 285 g/mol. The number of H-pyrrole nitrogens is 1. The first kappa shape index (κ1) is 14.4. The molecule has 6 heteroatoms. The van der Waals surface area contributed by atoms with Crippen molar-refractivity contribution in [3.63, 3.8) is 0 Å². The van der Waals surface area contributed by atoms with E-state index >= 15 is 0 Å². The second-order valence-corrected chi connectivity index (χ2v) is 7.18. The topological polar surface area (TPSA) is 74.8 Å².